The Morgan fingerprint density at radius 1 is 1.00 bits per heavy atom. The first-order valence-corrected chi connectivity index (χ1v) is 7.78. The lowest BCUT2D eigenvalue weighted by molar-refractivity contribution is 0.126. The normalized spacial score (nSPS) is 15.5. The molecule has 0 atom stereocenters. The third kappa shape index (κ3) is 2.50. The average molecular weight is 344 g/mol. The minimum atomic E-state index is 0.364. The van der Waals surface area contributed by atoms with E-state index in [1.54, 1.807) is 6.07 Å². The molecule has 0 saturated carbocycles. The maximum atomic E-state index is 6.33. The molecule has 2 aromatic heterocycles. The summed E-state index contributed by atoms with van der Waals surface area (Å²) >= 11 is 12.4. The van der Waals surface area contributed by atoms with Crippen LogP contribution in [0.1, 0.15) is 17.0 Å². The number of aromatic nitrogens is 2. The summed E-state index contributed by atoms with van der Waals surface area (Å²) in [6.07, 6.45) is 1.96. The Bertz CT molecular complexity index is 918. The Morgan fingerprint density at radius 3 is 2.74 bits per heavy atom. The van der Waals surface area contributed by atoms with Gasteiger partial charge in [0.05, 0.1) is 16.4 Å². The number of pyridine rings is 1. The molecule has 6 heteroatoms. The van der Waals surface area contributed by atoms with Gasteiger partial charge in [0.15, 0.2) is 6.61 Å². The summed E-state index contributed by atoms with van der Waals surface area (Å²) in [5, 5.41) is 5.24. The summed E-state index contributed by atoms with van der Waals surface area (Å²) in [7, 11) is 0. The molecule has 0 amide bonds. The van der Waals surface area contributed by atoms with Crippen LogP contribution in [0.5, 0.6) is 0 Å². The van der Waals surface area contributed by atoms with Crippen molar-refractivity contribution in [2.45, 2.75) is 6.61 Å². The SMILES string of the molecule is Clc1ccc2c(n1)/C(c1ccccc1Cl)=N\OCc1cccn1-2. The van der Waals surface area contributed by atoms with E-state index in [4.69, 9.17) is 28.0 Å². The molecule has 1 aliphatic heterocycles. The number of oxime groups is 1. The van der Waals surface area contributed by atoms with Gasteiger partial charge in [0.25, 0.3) is 0 Å². The van der Waals surface area contributed by atoms with Crippen LogP contribution in [0.3, 0.4) is 0 Å². The second kappa shape index (κ2) is 5.72. The molecular weight excluding hydrogens is 333 g/mol. The number of rotatable bonds is 1. The quantitative estimate of drug-likeness (QED) is 0.612. The van der Waals surface area contributed by atoms with Gasteiger partial charge in [0.1, 0.15) is 16.6 Å². The molecule has 0 N–H and O–H groups in total. The molecule has 0 fully saturated rings. The van der Waals surface area contributed by atoms with Crippen LogP contribution in [0.2, 0.25) is 10.2 Å². The van der Waals surface area contributed by atoms with E-state index in [1.165, 1.54) is 0 Å². The molecule has 1 aromatic carbocycles. The van der Waals surface area contributed by atoms with Gasteiger partial charge in [0, 0.05) is 11.8 Å². The summed E-state index contributed by atoms with van der Waals surface area (Å²) in [5.41, 5.74) is 3.81. The smallest absolute Gasteiger partial charge is 0.157 e. The fraction of sp³-hybridized carbons (Fsp3) is 0.0588. The third-order valence-electron chi connectivity index (χ3n) is 3.65. The molecule has 3 aromatic rings. The molecule has 0 radical (unpaired) electrons. The van der Waals surface area contributed by atoms with Gasteiger partial charge in [-0.3, -0.25) is 0 Å². The molecular formula is C17H11Cl2N3O. The fourth-order valence-electron chi connectivity index (χ4n) is 2.60. The zero-order chi connectivity index (χ0) is 15.8. The highest BCUT2D eigenvalue weighted by atomic mass is 35.5. The van der Waals surface area contributed by atoms with E-state index in [0.717, 1.165) is 16.9 Å². The van der Waals surface area contributed by atoms with E-state index in [1.807, 2.05) is 53.2 Å². The number of halogens is 2. The van der Waals surface area contributed by atoms with E-state index in [0.29, 0.717) is 28.2 Å². The third-order valence-corrected chi connectivity index (χ3v) is 4.19. The van der Waals surface area contributed by atoms with Gasteiger partial charge in [-0.2, -0.15) is 0 Å². The zero-order valence-corrected chi connectivity index (χ0v) is 13.4. The Kier molecular flexibility index (Phi) is 3.56. The first kappa shape index (κ1) is 14.3. The highest BCUT2D eigenvalue weighted by Crippen LogP contribution is 2.27. The van der Waals surface area contributed by atoms with E-state index < -0.39 is 0 Å². The number of hydrogen-bond acceptors (Lipinski definition) is 3. The Balaban J connectivity index is 2.00. The van der Waals surface area contributed by atoms with Crippen LogP contribution < -0.4 is 0 Å². The molecule has 4 nitrogen and oxygen atoms in total. The van der Waals surface area contributed by atoms with Crippen molar-refractivity contribution in [1.82, 2.24) is 9.55 Å². The van der Waals surface area contributed by atoms with Crippen LogP contribution in [-0.2, 0) is 11.4 Å². The molecule has 4 rings (SSSR count). The lowest BCUT2D eigenvalue weighted by atomic mass is 10.1. The minimum absolute atomic E-state index is 0.364. The van der Waals surface area contributed by atoms with Crippen LogP contribution in [0.15, 0.2) is 59.9 Å². The highest BCUT2D eigenvalue weighted by molar-refractivity contribution is 6.35. The van der Waals surface area contributed by atoms with Crippen LogP contribution in [0.4, 0.5) is 0 Å². The summed E-state index contributed by atoms with van der Waals surface area (Å²) in [6.45, 7) is 0.364. The van der Waals surface area contributed by atoms with E-state index in [2.05, 4.69) is 10.1 Å². The number of hydrogen-bond donors (Lipinski definition) is 0. The van der Waals surface area contributed by atoms with Crippen molar-refractivity contribution in [1.29, 1.82) is 0 Å². The van der Waals surface area contributed by atoms with E-state index in [9.17, 15) is 0 Å². The topological polar surface area (TPSA) is 39.4 Å². The van der Waals surface area contributed by atoms with Crippen molar-refractivity contribution >= 4 is 28.9 Å². The maximum absolute atomic E-state index is 6.33. The van der Waals surface area contributed by atoms with Gasteiger partial charge < -0.3 is 9.40 Å². The molecule has 114 valence electrons. The van der Waals surface area contributed by atoms with Gasteiger partial charge in [-0.05, 0) is 30.3 Å². The Hall–Kier alpha value is -2.30. The summed E-state index contributed by atoms with van der Waals surface area (Å²) in [6, 6.07) is 15.1. The van der Waals surface area contributed by atoms with Crippen molar-refractivity contribution in [3.63, 3.8) is 0 Å². The minimum Gasteiger partial charge on any atom is -0.389 e. The van der Waals surface area contributed by atoms with Gasteiger partial charge in [-0.25, -0.2) is 4.98 Å². The van der Waals surface area contributed by atoms with E-state index >= 15 is 0 Å². The van der Waals surface area contributed by atoms with Crippen molar-refractivity contribution in [2.24, 2.45) is 5.16 Å². The molecule has 23 heavy (non-hydrogen) atoms. The van der Waals surface area contributed by atoms with Crippen molar-refractivity contribution in [3.05, 3.63) is 81.9 Å². The Labute approximate surface area is 142 Å². The Morgan fingerprint density at radius 2 is 1.87 bits per heavy atom. The van der Waals surface area contributed by atoms with Crippen molar-refractivity contribution < 1.29 is 4.84 Å². The number of nitrogens with zero attached hydrogens (tertiary/aromatic N) is 3. The predicted octanol–water partition coefficient (Wildman–Crippen LogP) is 4.46. The monoisotopic (exact) mass is 343 g/mol. The summed E-state index contributed by atoms with van der Waals surface area (Å²) in [4.78, 5) is 9.97. The zero-order valence-electron chi connectivity index (χ0n) is 11.9. The second-order valence-electron chi connectivity index (χ2n) is 5.06. The predicted molar refractivity (Wildman–Crippen MR) is 90.5 cm³/mol. The molecule has 0 unspecified atom stereocenters. The largest absolute Gasteiger partial charge is 0.389 e. The number of fused-ring (bicyclic) bond motifs is 3. The van der Waals surface area contributed by atoms with Gasteiger partial charge in [0.2, 0.25) is 0 Å². The number of benzene rings is 1. The van der Waals surface area contributed by atoms with Gasteiger partial charge >= 0.3 is 0 Å². The lowest BCUT2D eigenvalue weighted by Crippen LogP contribution is -2.16. The van der Waals surface area contributed by atoms with Crippen LogP contribution in [-0.4, -0.2) is 15.3 Å². The molecule has 0 spiro atoms. The van der Waals surface area contributed by atoms with Gasteiger partial charge in [-0.1, -0.05) is 46.6 Å². The molecule has 0 saturated heterocycles. The van der Waals surface area contributed by atoms with Crippen molar-refractivity contribution in [3.8, 4) is 5.69 Å². The highest BCUT2D eigenvalue weighted by Gasteiger charge is 2.21. The first-order valence-electron chi connectivity index (χ1n) is 7.02. The molecule has 1 aliphatic rings. The molecule has 3 heterocycles. The summed E-state index contributed by atoms with van der Waals surface area (Å²) < 4.78 is 2.02. The van der Waals surface area contributed by atoms with Gasteiger partial charge in [-0.15, -0.1) is 0 Å². The average Bonchev–Trinajstić information content (AvgIpc) is 2.99. The standard InChI is InChI=1S/C17H11Cl2N3O/c18-13-6-2-1-5-12(13)16-17-14(7-8-15(19)20-17)22-9-3-4-11(22)10-23-21-16/h1-9H,10H2/b21-16-. The fourth-order valence-corrected chi connectivity index (χ4v) is 2.97. The lowest BCUT2D eigenvalue weighted by Gasteiger charge is -2.18. The van der Waals surface area contributed by atoms with Crippen LogP contribution in [0, 0.1) is 0 Å². The van der Waals surface area contributed by atoms with E-state index in [-0.39, 0.29) is 0 Å². The molecule has 0 bridgehead atoms. The second-order valence-corrected chi connectivity index (χ2v) is 5.86. The molecule has 0 aliphatic carbocycles. The maximum Gasteiger partial charge on any atom is 0.157 e. The van der Waals surface area contributed by atoms with Crippen LogP contribution in [0.25, 0.3) is 5.69 Å². The first-order chi connectivity index (χ1) is 11.2. The van der Waals surface area contributed by atoms with Crippen molar-refractivity contribution in [2.75, 3.05) is 0 Å². The van der Waals surface area contributed by atoms with Crippen LogP contribution >= 0.6 is 23.2 Å². The summed E-state index contributed by atoms with van der Waals surface area (Å²) in [5.74, 6) is 0.